The summed E-state index contributed by atoms with van der Waals surface area (Å²) in [7, 11) is 0. The molecule has 1 aliphatic carbocycles. The molecule has 2 atom stereocenters. The summed E-state index contributed by atoms with van der Waals surface area (Å²) in [6.07, 6.45) is 8.01. The third kappa shape index (κ3) is 3.73. The molecule has 1 fully saturated rings. The molecule has 3 N–H and O–H groups in total. The van der Waals surface area contributed by atoms with Crippen molar-refractivity contribution in [2.24, 2.45) is 0 Å². The number of hydrogen-bond acceptors (Lipinski definition) is 6. The number of nitrogens with one attached hydrogen (secondary N) is 3. The lowest BCUT2D eigenvalue weighted by Gasteiger charge is -2.15. The Kier molecular flexibility index (Phi) is 4.51. The molecular weight excluding hydrogens is 369 g/mol. The predicted octanol–water partition coefficient (Wildman–Crippen LogP) is 4.00. The van der Waals surface area contributed by atoms with Crippen LogP contribution >= 0.6 is 0 Å². The molecule has 0 bridgehead atoms. The Bertz CT molecular complexity index is 1090. The molecule has 29 heavy (non-hydrogen) atoms. The van der Waals surface area contributed by atoms with Crippen LogP contribution < -0.4 is 10.6 Å². The maximum absolute atomic E-state index is 13.9. The van der Waals surface area contributed by atoms with Gasteiger partial charge >= 0.3 is 0 Å². The van der Waals surface area contributed by atoms with Crippen molar-refractivity contribution < 1.29 is 4.39 Å². The molecule has 0 aromatic carbocycles. The summed E-state index contributed by atoms with van der Waals surface area (Å²) in [6.45, 7) is 0. The smallest absolute Gasteiger partial charge is 0.202 e. The van der Waals surface area contributed by atoms with Gasteiger partial charge < -0.3 is 15.6 Å². The lowest BCUT2D eigenvalue weighted by atomic mass is 10.2. The van der Waals surface area contributed by atoms with Crippen LogP contribution in [-0.2, 0) is 0 Å². The van der Waals surface area contributed by atoms with E-state index in [1.165, 1.54) is 6.07 Å². The average molecular weight is 389 g/mol. The van der Waals surface area contributed by atoms with Crippen LogP contribution in [0.4, 0.5) is 16.2 Å². The maximum atomic E-state index is 13.9. The minimum absolute atomic E-state index is 0.317. The standard InChI is InChI=1S/C21H20FN7/c22-16-3-1-9-23-19(16)13-5-8-18(25-12-13)26-14-6-7-15(11-14)27-21-28-17-4-2-10-24-20(17)29-21/h1-5,8-10,12,14-15H,6-7,11H2,(H,25,26)(H2,24,27,28,29). The van der Waals surface area contributed by atoms with Gasteiger partial charge in [0.15, 0.2) is 5.65 Å². The molecule has 7 nitrogen and oxygen atoms in total. The first-order chi connectivity index (χ1) is 14.2. The summed E-state index contributed by atoms with van der Waals surface area (Å²) in [6, 6.07) is 11.2. The molecule has 2 unspecified atom stereocenters. The van der Waals surface area contributed by atoms with Crippen LogP contribution in [0.15, 0.2) is 55.0 Å². The average Bonchev–Trinajstić information content (AvgIpc) is 3.35. The van der Waals surface area contributed by atoms with Crippen molar-refractivity contribution in [3.05, 3.63) is 60.8 Å². The zero-order valence-electron chi connectivity index (χ0n) is 15.6. The Balaban J connectivity index is 1.20. The van der Waals surface area contributed by atoms with Crippen molar-refractivity contribution in [1.29, 1.82) is 0 Å². The number of anilines is 2. The summed E-state index contributed by atoms with van der Waals surface area (Å²) in [5, 5.41) is 6.93. The number of aromatic nitrogens is 5. The Hall–Kier alpha value is -3.55. The highest BCUT2D eigenvalue weighted by Gasteiger charge is 2.25. The molecule has 5 rings (SSSR count). The zero-order chi connectivity index (χ0) is 19.6. The van der Waals surface area contributed by atoms with Crippen molar-refractivity contribution in [1.82, 2.24) is 24.9 Å². The highest BCUT2D eigenvalue weighted by atomic mass is 19.1. The van der Waals surface area contributed by atoms with E-state index < -0.39 is 0 Å². The van der Waals surface area contributed by atoms with E-state index in [-0.39, 0.29) is 5.82 Å². The topological polar surface area (TPSA) is 91.4 Å². The number of H-pyrrole nitrogens is 1. The molecule has 4 aromatic heterocycles. The molecule has 4 heterocycles. The van der Waals surface area contributed by atoms with E-state index in [0.717, 1.165) is 42.2 Å². The molecule has 0 amide bonds. The van der Waals surface area contributed by atoms with Gasteiger partial charge in [0.25, 0.3) is 0 Å². The Morgan fingerprint density at radius 2 is 1.76 bits per heavy atom. The largest absolute Gasteiger partial charge is 0.367 e. The molecule has 0 spiro atoms. The molecule has 0 radical (unpaired) electrons. The second-order valence-corrected chi connectivity index (χ2v) is 7.22. The van der Waals surface area contributed by atoms with Crippen LogP contribution in [-0.4, -0.2) is 37.0 Å². The normalized spacial score (nSPS) is 18.8. The van der Waals surface area contributed by atoms with Crippen molar-refractivity contribution in [2.45, 2.75) is 31.3 Å². The molecule has 4 aromatic rings. The fourth-order valence-corrected chi connectivity index (χ4v) is 3.78. The van der Waals surface area contributed by atoms with Crippen LogP contribution in [0.25, 0.3) is 22.4 Å². The SMILES string of the molecule is Fc1cccnc1-c1ccc(NC2CCC(Nc3nc4ncccc4[nH]3)C2)nc1. The zero-order valence-corrected chi connectivity index (χ0v) is 15.6. The summed E-state index contributed by atoms with van der Waals surface area (Å²) in [4.78, 5) is 20.5. The van der Waals surface area contributed by atoms with E-state index in [1.807, 2.05) is 24.3 Å². The van der Waals surface area contributed by atoms with Gasteiger partial charge in [-0.15, -0.1) is 0 Å². The van der Waals surface area contributed by atoms with Crippen LogP contribution in [0, 0.1) is 5.82 Å². The van der Waals surface area contributed by atoms with E-state index in [9.17, 15) is 4.39 Å². The predicted molar refractivity (Wildman–Crippen MR) is 110 cm³/mol. The van der Waals surface area contributed by atoms with Crippen LogP contribution in [0.3, 0.4) is 0 Å². The van der Waals surface area contributed by atoms with Crippen LogP contribution in [0.2, 0.25) is 0 Å². The molecular formula is C21H20FN7. The summed E-state index contributed by atoms with van der Waals surface area (Å²) in [5.74, 6) is 1.19. The first-order valence-electron chi connectivity index (χ1n) is 9.65. The first-order valence-corrected chi connectivity index (χ1v) is 9.65. The van der Waals surface area contributed by atoms with Gasteiger partial charge in [0.2, 0.25) is 5.95 Å². The van der Waals surface area contributed by atoms with Crippen molar-refractivity contribution >= 4 is 22.9 Å². The van der Waals surface area contributed by atoms with E-state index in [2.05, 4.69) is 35.6 Å². The monoisotopic (exact) mass is 389 g/mol. The second-order valence-electron chi connectivity index (χ2n) is 7.22. The molecule has 146 valence electrons. The van der Waals surface area contributed by atoms with Gasteiger partial charge in [-0.05, 0) is 55.7 Å². The highest BCUT2D eigenvalue weighted by molar-refractivity contribution is 5.72. The van der Waals surface area contributed by atoms with E-state index in [1.54, 1.807) is 24.7 Å². The van der Waals surface area contributed by atoms with Crippen molar-refractivity contribution in [3.63, 3.8) is 0 Å². The highest BCUT2D eigenvalue weighted by Crippen LogP contribution is 2.26. The number of rotatable bonds is 5. The molecule has 8 heteroatoms. The van der Waals surface area contributed by atoms with Gasteiger partial charge in [0.05, 0.1) is 5.52 Å². The van der Waals surface area contributed by atoms with Crippen LogP contribution in [0.1, 0.15) is 19.3 Å². The van der Waals surface area contributed by atoms with Gasteiger partial charge in [-0.1, -0.05) is 0 Å². The Labute approximate surface area is 166 Å². The number of pyridine rings is 3. The second kappa shape index (κ2) is 7.46. The lowest BCUT2D eigenvalue weighted by molar-refractivity contribution is 0.625. The Morgan fingerprint density at radius 1 is 0.931 bits per heavy atom. The third-order valence-electron chi connectivity index (χ3n) is 5.18. The number of nitrogens with zero attached hydrogens (tertiary/aromatic N) is 4. The fraction of sp³-hybridized carbons (Fsp3) is 0.238. The summed E-state index contributed by atoms with van der Waals surface area (Å²) in [5.41, 5.74) is 2.63. The van der Waals surface area contributed by atoms with Crippen molar-refractivity contribution in [2.75, 3.05) is 10.6 Å². The van der Waals surface area contributed by atoms with Gasteiger partial charge in [0.1, 0.15) is 17.3 Å². The van der Waals surface area contributed by atoms with E-state index in [0.29, 0.717) is 23.3 Å². The van der Waals surface area contributed by atoms with E-state index >= 15 is 0 Å². The van der Waals surface area contributed by atoms with Crippen LogP contribution in [0.5, 0.6) is 0 Å². The number of aromatic amines is 1. The minimum Gasteiger partial charge on any atom is -0.367 e. The number of fused-ring (bicyclic) bond motifs is 1. The van der Waals surface area contributed by atoms with Gasteiger partial charge in [-0.2, -0.15) is 4.98 Å². The van der Waals surface area contributed by atoms with Gasteiger partial charge in [0, 0.05) is 36.2 Å². The molecule has 0 saturated heterocycles. The van der Waals surface area contributed by atoms with Crippen molar-refractivity contribution in [3.8, 4) is 11.3 Å². The lowest BCUT2D eigenvalue weighted by Crippen LogP contribution is -2.21. The quantitative estimate of drug-likeness (QED) is 0.478. The fourth-order valence-electron chi connectivity index (χ4n) is 3.78. The molecule has 1 saturated carbocycles. The summed E-state index contributed by atoms with van der Waals surface area (Å²) < 4.78 is 13.9. The number of imidazole rings is 1. The maximum Gasteiger partial charge on any atom is 0.202 e. The summed E-state index contributed by atoms with van der Waals surface area (Å²) >= 11 is 0. The number of hydrogen-bond donors (Lipinski definition) is 3. The molecule has 1 aliphatic rings. The minimum atomic E-state index is -0.347. The third-order valence-corrected chi connectivity index (χ3v) is 5.18. The number of halogens is 1. The van der Waals surface area contributed by atoms with E-state index in [4.69, 9.17) is 0 Å². The van der Waals surface area contributed by atoms with Gasteiger partial charge in [-0.25, -0.2) is 14.4 Å². The molecule has 0 aliphatic heterocycles. The Morgan fingerprint density at radius 3 is 2.55 bits per heavy atom. The van der Waals surface area contributed by atoms with Gasteiger partial charge in [-0.3, -0.25) is 4.98 Å². The first kappa shape index (κ1) is 17.5.